The van der Waals surface area contributed by atoms with Crippen molar-refractivity contribution in [2.45, 2.75) is 90.5 Å². The molecule has 1 aromatic heterocycles. The van der Waals surface area contributed by atoms with Crippen LogP contribution < -0.4 is 10.9 Å². The van der Waals surface area contributed by atoms with Crippen molar-refractivity contribution in [3.05, 3.63) is 34.2 Å². The molecule has 1 N–H and O–H groups in total. The minimum Gasteiger partial charge on any atom is -0.460 e. The maximum absolute atomic E-state index is 13.5. The van der Waals surface area contributed by atoms with Crippen molar-refractivity contribution in [3.63, 3.8) is 0 Å². The standard InChI is InChI=1S/C25H37N3O6/c1-24(2,3)33-21(30)11-10-18(26-23(32)34-25(4,5)6)22(31)27-13-16-12-17(15-27)19-8-7-9-20(29)28(19)14-16/h7-9,16-18H,10-15H2,1-6H3,(H,26,32)/t16-,17+,18?/m1/s1. The maximum atomic E-state index is 13.5. The molecule has 2 bridgehead atoms. The molecule has 0 aromatic carbocycles. The van der Waals surface area contributed by atoms with Gasteiger partial charge in [-0.15, -0.1) is 0 Å². The summed E-state index contributed by atoms with van der Waals surface area (Å²) >= 11 is 0. The molecule has 0 spiro atoms. The number of carbonyl (C=O) groups is 3. The van der Waals surface area contributed by atoms with Crippen LogP contribution in [0, 0.1) is 5.92 Å². The van der Waals surface area contributed by atoms with Crippen LogP contribution in [0.2, 0.25) is 0 Å². The third-order valence-corrected chi connectivity index (χ3v) is 5.84. The Hall–Kier alpha value is -2.84. The number of amides is 2. The first-order chi connectivity index (χ1) is 15.7. The highest BCUT2D eigenvalue weighted by Gasteiger charge is 2.38. The highest BCUT2D eigenvalue weighted by atomic mass is 16.6. The van der Waals surface area contributed by atoms with Crippen molar-refractivity contribution in [3.8, 4) is 0 Å². The van der Waals surface area contributed by atoms with Crippen LogP contribution in [-0.4, -0.2) is 57.8 Å². The number of carbonyl (C=O) groups excluding carboxylic acids is 3. The minimum absolute atomic E-state index is 0.0115. The zero-order valence-corrected chi connectivity index (χ0v) is 21.1. The number of nitrogens with one attached hydrogen (secondary N) is 1. The van der Waals surface area contributed by atoms with Crippen LogP contribution in [0.3, 0.4) is 0 Å². The smallest absolute Gasteiger partial charge is 0.408 e. The van der Waals surface area contributed by atoms with Gasteiger partial charge in [0, 0.05) is 43.7 Å². The van der Waals surface area contributed by atoms with Crippen LogP contribution in [0.25, 0.3) is 0 Å². The summed E-state index contributed by atoms with van der Waals surface area (Å²) < 4.78 is 12.5. The number of alkyl carbamates (subject to hydrolysis) is 1. The Kier molecular flexibility index (Phi) is 7.43. The number of hydrogen-bond acceptors (Lipinski definition) is 6. The Morgan fingerprint density at radius 3 is 2.35 bits per heavy atom. The number of nitrogens with zero attached hydrogens (tertiary/aromatic N) is 2. The van der Waals surface area contributed by atoms with Crippen LogP contribution in [0.1, 0.15) is 72.4 Å². The number of hydrogen-bond donors (Lipinski definition) is 1. The number of pyridine rings is 1. The molecule has 9 heteroatoms. The van der Waals surface area contributed by atoms with Crippen LogP contribution in [0.15, 0.2) is 23.0 Å². The Balaban J connectivity index is 1.74. The summed E-state index contributed by atoms with van der Waals surface area (Å²) in [6.07, 6.45) is 0.302. The summed E-state index contributed by atoms with van der Waals surface area (Å²) in [6.45, 7) is 12.1. The van der Waals surface area contributed by atoms with Gasteiger partial charge in [-0.05, 0) is 66.4 Å². The zero-order valence-electron chi connectivity index (χ0n) is 21.1. The summed E-state index contributed by atoms with van der Waals surface area (Å²) in [5, 5.41) is 2.67. The molecule has 1 aromatic rings. The molecular formula is C25H37N3O6. The second-order valence-corrected chi connectivity index (χ2v) is 11.3. The highest BCUT2D eigenvalue weighted by molar-refractivity contribution is 5.86. The van der Waals surface area contributed by atoms with E-state index in [1.807, 2.05) is 6.07 Å². The van der Waals surface area contributed by atoms with Crippen molar-refractivity contribution >= 4 is 18.0 Å². The van der Waals surface area contributed by atoms with Crippen LogP contribution >= 0.6 is 0 Å². The van der Waals surface area contributed by atoms with Crippen molar-refractivity contribution in [1.29, 1.82) is 0 Å². The van der Waals surface area contributed by atoms with Crippen LogP contribution in [0.4, 0.5) is 4.79 Å². The zero-order chi connectivity index (χ0) is 25.3. The van der Waals surface area contributed by atoms with E-state index in [0.29, 0.717) is 19.6 Å². The molecule has 0 aliphatic carbocycles. The molecule has 2 amide bonds. The first kappa shape index (κ1) is 25.8. The molecule has 9 nitrogen and oxygen atoms in total. The average molecular weight is 476 g/mol. The first-order valence-electron chi connectivity index (χ1n) is 11.9. The number of aromatic nitrogens is 1. The van der Waals surface area contributed by atoms with E-state index in [2.05, 4.69) is 5.32 Å². The van der Waals surface area contributed by atoms with E-state index in [0.717, 1.165) is 12.1 Å². The van der Waals surface area contributed by atoms with Gasteiger partial charge in [-0.3, -0.25) is 14.4 Å². The van der Waals surface area contributed by atoms with E-state index < -0.39 is 29.3 Å². The third-order valence-electron chi connectivity index (χ3n) is 5.84. The summed E-state index contributed by atoms with van der Waals surface area (Å²) in [7, 11) is 0. The normalized spacial score (nSPS) is 20.7. The van der Waals surface area contributed by atoms with Crippen molar-refractivity contribution in [2.24, 2.45) is 5.92 Å². The van der Waals surface area contributed by atoms with Crippen molar-refractivity contribution < 1.29 is 23.9 Å². The minimum atomic E-state index is -0.917. The summed E-state index contributed by atoms with van der Waals surface area (Å²) in [5.41, 5.74) is -0.437. The molecule has 188 valence electrons. The molecule has 34 heavy (non-hydrogen) atoms. The maximum Gasteiger partial charge on any atom is 0.408 e. The van der Waals surface area contributed by atoms with Gasteiger partial charge in [0.2, 0.25) is 5.91 Å². The molecule has 2 aliphatic rings. The van der Waals surface area contributed by atoms with Gasteiger partial charge in [0.05, 0.1) is 0 Å². The molecule has 1 unspecified atom stereocenters. The van der Waals surface area contributed by atoms with Gasteiger partial charge in [0.15, 0.2) is 0 Å². The second-order valence-electron chi connectivity index (χ2n) is 11.3. The van der Waals surface area contributed by atoms with E-state index in [9.17, 15) is 19.2 Å². The Labute approximate surface area is 200 Å². The fourth-order valence-corrected chi connectivity index (χ4v) is 4.66. The van der Waals surface area contributed by atoms with Gasteiger partial charge in [-0.2, -0.15) is 0 Å². The predicted octanol–water partition coefficient (Wildman–Crippen LogP) is 2.81. The van der Waals surface area contributed by atoms with Crippen molar-refractivity contribution in [2.75, 3.05) is 13.1 Å². The van der Waals surface area contributed by atoms with E-state index in [1.54, 1.807) is 63.1 Å². The Morgan fingerprint density at radius 1 is 1.03 bits per heavy atom. The summed E-state index contributed by atoms with van der Waals surface area (Å²) in [5.74, 6) is -0.474. The molecule has 1 fully saturated rings. The molecule has 0 radical (unpaired) electrons. The van der Waals surface area contributed by atoms with Gasteiger partial charge in [-0.1, -0.05) is 6.07 Å². The molecule has 3 atom stereocenters. The third kappa shape index (κ3) is 6.84. The van der Waals surface area contributed by atoms with Gasteiger partial charge in [0.25, 0.3) is 5.56 Å². The lowest BCUT2D eigenvalue weighted by Gasteiger charge is -2.43. The van der Waals surface area contributed by atoms with Crippen LogP contribution in [0.5, 0.6) is 0 Å². The topological polar surface area (TPSA) is 107 Å². The van der Waals surface area contributed by atoms with Gasteiger partial charge >= 0.3 is 12.1 Å². The van der Waals surface area contributed by atoms with Crippen molar-refractivity contribution in [1.82, 2.24) is 14.8 Å². The number of fused-ring (bicyclic) bond motifs is 4. The van der Waals surface area contributed by atoms with E-state index in [-0.39, 0.29) is 36.1 Å². The molecule has 1 saturated heterocycles. The van der Waals surface area contributed by atoms with E-state index in [4.69, 9.17) is 9.47 Å². The molecule has 2 aliphatic heterocycles. The molecule has 0 saturated carbocycles. The van der Waals surface area contributed by atoms with Gasteiger partial charge in [-0.25, -0.2) is 4.79 Å². The lowest BCUT2D eigenvalue weighted by Crippen LogP contribution is -2.55. The Morgan fingerprint density at radius 2 is 1.71 bits per heavy atom. The average Bonchev–Trinajstić information content (AvgIpc) is 2.68. The summed E-state index contributed by atoms with van der Waals surface area (Å²) in [6, 6.07) is 4.34. The fraction of sp³-hybridized carbons (Fsp3) is 0.680. The molecule has 3 rings (SSSR count). The monoisotopic (exact) mass is 475 g/mol. The number of ether oxygens (including phenoxy) is 2. The number of likely N-dealkylation sites (tertiary alicyclic amines) is 1. The lowest BCUT2D eigenvalue weighted by atomic mass is 9.83. The molecular weight excluding hydrogens is 438 g/mol. The van der Waals surface area contributed by atoms with E-state index >= 15 is 0 Å². The predicted molar refractivity (Wildman–Crippen MR) is 126 cm³/mol. The Bertz CT molecular complexity index is 988. The second kappa shape index (κ2) is 9.80. The lowest BCUT2D eigenvalue weighted by molar-refractivity contribution is -0.155. The quantitative estimate of drug-likeness (QED) is 0.657. The van der Waals surface area contributed by atoms with Crippen LogP contribution in [-0.2, 0) is 25.6 Å². The van der Waals surface area contributed by atoms with Gasteiger partial charge < -0.3 is 24.3 Å². The highest BCUT2D eigenvalue weighted by Crippen LogP contribution is 2.35. The SMILES string of the molecule is CC(C)(C)OC(=O)CCC(NC(=O)OC(C)(C)C)C(=O)N1C[C@H]2C[C@@H](C1)c1cccc(=O)n1C2. The number of rotatable bonds is 5. The summed E-state index contributed by atoms with van der Waals surface area (Å²) in [4.78, 5) is 52.3. The van der Waals surface area contributed by atoms with E-state index in [1.165, 1.54) is 0 Å². The fourth-order valence-electron chi connectivity index (χ4n) is 4.66. The van der Waals surface area contributed by atoms with Gasteiger partial charge in [0.1, 0.15) is 17.2 Å². The molecule has 3 heterocycles. The first-order valence-corrected chi connectivity index (χ1v) is 11.9. The number of esters is 1. The number of piperidine rings is 1. The largest absolute Gasteiger partial charge is 0.460 e.